The van der Waals surface area contributed by atoms with Gasteiger partial charge in [0, 0.05) is 11.1 Å². The second-order valence-electron chi connectivity index (χ2n) is 4.78. The third kappa shape index (κ3) is 3.15. The lowest BCUT2D eigenvalue weighted by molar-refractivity contribution is -0.136. The number of hydrogen-bond acceptors (Lipinski definition) is 3. The SMILES string of the molecule is Cc1cc(C)c(Nc2cscc2CC(=O)O)c(C)c1. The van der Waals surface area contributed by atoms with Gasteiger partial charge >= 0.3 is 5.97 Å². The number of hydrogen-bond donors (Lipinski definition) is 2. The predicted molar refractivity (Wildman–Crippen MR) is 79.6 cm³/mol. The standard InChI is InChI=1S/C15H17NO2S/c1-9-4-10(2)15(11(3)5-9)16-13-8-19-7-12(13)6-14(17)18/h4-5,7-8,16H,6H2,1-3H3,(H,17,18). The third-order valence-corrected chi connectivity index (χ3v) is 3.81. The van der Waals surface area contributed by atoms with Crippen LogP contribution in [0.15, 0.2) is 22.9 Å². The van der Waals surface area contributed by atoms with Crippen LogP contribution >= 0.6 is 11.3 Å². The Bertz CT molecular complexity index is 593. The number of anilines is 2. The summed E-state index contributed by atoms with van der Waals surface area (Å²) < 4.78 is 0. The fraction of sp³-hybridized carbons (Fsp3) is 0.267. The maximum absolute atomic E-state index is 10.8. The Labute approximate surface area is 116 Å². The number of thiophene rings is 1. The summed E-state index contributed by atoms with van der Waals surface area (Å²) in [7, 11) is 0. The van der Waals surface area contributed by atoms with Crippen molar-refractivity contribution in [1.29, 1.82) is 0 Å². The molecule has 2 N–H and O–H groups in total. The first-order valence-corrected chi connectivity index (χ1v) is 7.03. The number of nitrogens with one attached hydrogen (secondary N) is 1. The fourth-order valence-electron chi connectivity index (χ4n) is 2.24. The van der Waals surface area contributed by atoms with Crippen LogP contribution < -0.4 is 5.32 Å². The Balaban J connectivity index is 2.32. The van der Waals surface area contributed by atoms with E-state index in [2.05, 4.69) is 38.2 Å². The second kappa shape index (κ2) is 5.45. The molecule has 0 fully saturated rings. The number of aliphatic carboxylic acids is 1. The van der Waals surface area contributed by atoms with Gasteiger partial charge in [-0.05, 0) is 42.8 Å². The first kappa shape index (κ1) is 13.6. The number of benzene rings is 1. The molecule has 0 saturated heterocycles. The molecule has 0 saturated carbocycles. The van der Waals surface area contributed by atoms with Gasteiger partial charge in [-0.3, -0.25) is 4.79 Å². The van der Waals surface area contributed by atoms with E-state index in [-0.39, 0.29) is 6.42 Å². The van der Waals surface area contributed by atoms with Crippen LogP contribution in [-0.2, 0) is 11.2 Å². The quantitative estimate of drug-likeness (QED) is 0.885. The third-order valence-electron chi connectivity index (χ3n) is 3.02. The van der Waals surface area contributed by atoms with Crippen LogP contribution in [0.4, 0.5) is 11.4 Å². The molecule has 0 aliphatic heterocycles. The van der Waals surface area contributed by atoms with Gasteiger partial charge in [0.15, 0.2) is 0 Å². The first-order chi connectivity index (χ1) is 8.97. The van der Waals surface area contributed by atoms with Gasteiger partial charge in [0.1, 0.15) is 0 Å². The zero-order chi connectivity index (χ0) is 14.0. The monoisotopic (exact) mass is 275 g/mol. The Kier molecular flexibility index (Phi) is 3.90. The molecular weight excluding hydrogens is 258 g/mol. The van der Waals surface area contributed by atoms with E-state index in [1.807, 2.05) is 10.8 Å². The smallest absolute Gasteiger partial charge is 0.307 e. The lowest BCUT2D eigenvalue weighted by Gasteiger charge is -2.14. The average Bonchev–Trinajstić information content (AvgIpc) is 2.70. The summed E-state index contributed by atoms with van der Waals surface area (Å²) in [5.74, 6) is -0.807. The summed E-state index contributed by atoms with van der Waals surface area (Å²) in [4.78, 5) is 10.8. The van der Waals surface area contributed by atoms with Crippen molar-refractivity contribution in [2.45, 2.75) is 27.2 Å². The normalized spacial score (nSPS) is 10.5. The second-order valence-corrected chi connectivity index (χ2v) is 5.52. The lowest BCUT2D eigenvalue weighted by atomic mass is 10.0. The van der Waals surface area contributed by atoms with E-state index < -0.39 is 5.97 Å². The molecule has 4 heteroatoms. The molecule has 0 aliphatic rings. The Morgan fingerprint density at radius 1 is 1.21 bits per heavy atom. The van der Waals surface area contributed by atoms with Gasteiger partial charge in [0.05, 0.1) is 12.1 Å². The molecule has 0 bridgehead atoms. The van der Waals surface area contributed by atoms with Gasteiger partial charge in [-0.15, -0.1) is 11.3 Å². The minimum atomic E-state index is -0.807. The highest BCUT2D eigenvalue weighted by molar-refractivity contribution is 7.08. The Hall–Kier alpha value is -1.81. The molecule has 0 amide bonds. The minimum absolute atomic E-state index is 0.0514. The minimum Gasteiger partial charge on any atom is -0.481 e. The first-order valence-electron chi connectivity index (χ1n) is 6.09. The van der Waals surface area contributed by atoms with Gasteiger partial charge in [-0.2, -0.15) is 0 Å². The molecule has 0 radical (unpaired) electrons. The number of carbonyl (C=O) groups is 1. The van der Waals surface area contributed by atoms with Crippen LogP contribution in [0, 0.1) is 20.8 Å². The Morgan fingerprint density at radius 2 is 1.84 bits per heavy atom. The van der Waals surface area contributed by atoms with Crippen LogP contribution in [0.3, 0.4) is 0 Å². The van der Waals surface area contributed by atoms with E-state index in [1.54, 1.807) is 0 Å². The largest absolute Gasteiger partial charge is 0.481 e. The van der Waals surface area contributed by atoms with E-state index in [4.69, 9.17) is 5.11 Å². The molecule has 2 aromatic rings. The molecule has 0 atom stereocenters. The number of rotatable bonds is 4. The van der Waals surface area contributed by atoms with Crippen molar-refractivity contribution in [3.05, 3.63) is 45.1 Å². The van der Waals surface area contributed by atoms with Crippen molar-refractivity contribution in [3.63, 3.8) is 0 Å². The van der Waals surface area contributed by atoms with Gasteiger partial charge in [-0.25, -0.2) is 0 Å². The summed E-state index contributed by atoms with van der Waals surface area (Å²) in [5, 5.41) is 16.1. The molecule has 2 rings (SSSR count). The van der Waals surface area contributed by atoms with Crippen LogP contribution in [0.25, 0.3) is 0 Å². The van der Waals surface area contributed by atoms with E-state index in [0.29, 0.717) is 0 Å². The number of aryl methyl sites for hydroxylation is 3. The summed E-state index contributed by atoms with van der Waals surface area (Å²) in [5.41, 5.74) is 6.36. The van der Waals surface area contributed by atoms with E-state index in [0.717, 1.165) is 16.9 Å². The van der Waals surface area contributed by atoms with Gasteiger partial charge in [-0.1, -0.05) is 17.7 Å². The summed E-state index contributed by atoms with van der Waals surface area (Å²) in [6, 6.07) is 4.25. The van der Waals surface area contributed by atoms with E-state index in [1.165, 1.54) is 28.0 Å². The highest BCUT2D eigenvalue weighted by Crippen LogP contribution is 2.30. The Morgan fingerprint density at radius 3 is 2.42 bits per heavy atom. The van der Waals surface area contributed by atoms with Crippen molar-refractivity contribution in [3.8, 4) is 0 Å². The fourth-order valence-corrected chi connectivity index (χ4v) is 3.03. The molecule has 0 spiro atoms. The van der Waals surface area contributed by atoms with Gasteiger partial charge < -0.3 is 10.4 Å². The zero-order valence-electron chi connectivity index (χ0n) is 11.3. The molecule has 1 aromatic heterocycles. The number of carboxylic acid groups (broad SMARTS) is 1. The van der Waals surface area contributed by atoms with Crippen LogP contribution in [-0.4, -0.2) is 11.1 Å². The maximum atomic E-state index is 10.8. The highest BCUT2D eigenvalue weighted by Gasteiger charge is 2.10. The highest BCUT2D eigenvalue weighted by atomic mass is 32.1. The summed E-state index contributed by atoms with van der Waals surface area (Å²) in [6.07, 6.45) is 0.0514. The molecule has 1 heterocycles. The van der Waals surface area contributed by atoms with Crippen molar-refractivity contribution in [1.82, 2.24) is 0 Å². The van der Waals surface area contributed by atoms with E-state index in [9.17, 15) is 4.79 Å². The molecular formula is C15H17NO2S. The van der Waals surface area contributed by atoms with Crippen LogP contribution in [0.2, 0.25) is 0 Å². The number of carboxylic acids is 1. The molecule has 19 heavy (non-hydrogen) atoms. The average molecular weight is 275 g/mol. The lowest BCUT2D eigenvalue weighted by Crippen LogP contribution is -2.03. The molecule has 1 aromatic carbocycles. The van der Waals surface area contributed by atoms with Crippen molar-refractivity contribution >= 4 is 28.7 Å². The van der Waals surface area contributed by atoms with Crippen LogP contribution in [0.1, 0.15) is 22.3 Å². The molecule has 100 valence electrons. The van der Waals surface area contributed by atoms with Crippen LogP contribution in [0.5, 0.6) is 0 Å². The van der Waals surface area contributed by atoms with E-state index >= 15 is 0 Å². The summed E-state index contributed by atoms with van der Waals surface area (Å²) in [6.45, 7) is 6.20. The summed E-state index contributed by atoms with van der Waals surface area (Å²) >= 11 is 1.52. The molecule has 0 aliphatic carbocycles. The predicted octanol–water partition coefficient (Wildman–Crippen LogP) is 4.04. The van der Waals surface area contributed by atoms with Gasteiger partial charge in [0.2, 0.25) is 0 Å². The van der Waals surface area contributed by atoms with Crippen molar-refractivity contribution < 1.29 is 9.90 Å². The van der Waals surface area contributed by atoms with Gasteiger partial charge in [0.25, 0.3) is 0 Å². The maximum Gasteiger partial charge on any atom is 0.307 e. The molecule has 3 nitrogen and oxygen atoms in total. The molecule has 0 unspecified atom stereocenters. The zero-order valence-corrected chi connectivity index (χ0v) is 12.1. The van der Waals surface area contributed by atoms with Crippen molar-refractivity contribution in [2.75, 3.05) is 5.32 Å². The van der Waals surface area contributed by atoms with Crippen molar-refractivity contribution in [2.24, 2.45) is 0 Å². The topological polar surface area (TPSA) is 49.3 Å².